The molecule has 1 saturated heterocycles. The summed E-state index contributed by atoms with van der Waals surface area (Å²) in [7, 11) is 1.65. The van der Waals surface area contributed by atoms with Gasteiger partial charge in [-0.25, -0.2) is 14.8 Å². The lowest BCUT2D eigenvalue weighted by Crippen LogP contribution is -2.42. The lowest BCUT2D eigenvalue weighted by Gasteiger charge is -2.33. The summed E-state index contributed by atoms with van der Waals surface area (Å²) in [6.45, 7) is 8.97. The van der Waals surface area contributed by atoms with E-state index >= 15 is 0 Å². The zero-order valence-electron chi connectivity index (χ0n) is 21.1. The first-order chi connectivity index (χ1) is 16.7. The summed E-state index contributed by atoms with van der Waals surface area (Å²) in [6.07, 6.45) is 7.81. The molecule has 0 radical (unpaired) electrons. The van der Waals surface area contributed by atoms with Gasteiger partial charge in [-0.15, -0.1) is 0 Å². The highest BCUT2D eigenvalue weighted by molar-refractivity contribution is 5.68. The molecule has 9 heteroatoms. The predicted octanol–water partition coefficient (Wildman–Crippen LogP) is 4.90. The molecule has 35 heavy (non-hydrogen) atoms. The van der Waals surface area contributed by atoms with Gasteiger partial charge in [-0.05, 0) is 70.4 Å². The summed E-state index contributed by atoms with van der Waals surface area (Å²) < 4.78 is 12.7. The Labute approximate surface area is 206 Å². The minimum atomic E-state index is -0.479. The van der Waals surface area contributed by atoms with Gasteiger partial charge in [0.05, 0.1) is 19.3 Å². The Kier molecular flexibility index (Phi) is 7.23. The fourth-order valence-electron chi connectivity index (χ4n) is 3.99. The number of nitrogens with zero attached hydrogens (tertiary/aromatic N) is 5. The Bertz CT molecular complexity index is 1140. The number of likely N-dealkylation sites (tertiary alicyclic amines) is 1. The third kappa shape index (κ3) is 6.49. The SMILES string of the molecule is COc1ccc(Nc2nc(Cc3cnn(C4CCN(C(=O)OC(C)(C)C)CC4)c3)ncc2C)cc1. The Balaban J connectivity index is 1.36. The third-order valence-corrected chi connectivity index (χ3v) is 5.88. The molecule has 1 amide bonds. The topological polar surface area (TPSA) is 94.4 Å². The number of aryl methyl sites for hydroxylation is 1. The van der Waals surface area contributed by atoms with Gasteiger partial charge in [0.25, 0.3) is 0 Å². The van der Waals surface area contributed by atoms with Crippen molar-refractivity contribution in [2.75, 3.05) is 25.5 Å². The fourth-order valence-corrected chi connectivity index (χ4v) is 3.99. The first-order valence-corrected chi connectivity index (χ1v) is 11.9. The molecule has 2 aromatic heterocycles. The van der Waals surface area contributed by atoms with Crippen LogP contribution in [-0.4, -0.2) is 56.5 Å². The minimum Gasteiger partial charge on any atom is -0.497 e. The predicted molar refractivity (Wildman–Crippen MR) is 134 cm³/mol. The van der Waals surface area contributed by atoms with Gasteiger partial charge in [-0.3, -0.25) is 4.68 Å². The van der Waals surface area contributed by atoms with E-state index in [9.17, 15) is 4.79 Å². The van der Waals surface area contributed by atoms with E-state index in [0.29, 0.717) is 19.5 Å². The molecule has 1 aromatic carbocycles. The number of rotatable bonds is 6. The number of anilines is 2. The van der Waals surface area contributed by atoms with Crippen LogP contribution in [0.2, 0.25) is 0 Å². The number of amides is 1. The summed E-state index contributed by atoms with van der Waals surface area (Å²) in [4.78, 5) is 23.4. The molecule has 0 unspecified atom stereocenters. The van der Waals surface area contributed by atoms with Crippen LogP contribution in [0.3, 0.4) is 0 Å². The van der Waals surface area contributed by atoms with Gasteiger partial charge in [0.15, 0.2) is 0 Å². The van der Waals surface area contributed by atoms with Crippen molar-refractivity contribution in [1.29, 1.82) is 0 Å². The number of aromatic nitrogens is 4. The lowest BCUT2D eigenvalue weighted by atomic mass is 10.1. The summed E-state index contributed by atoms with van der Waals surface area (Å²) >= 11 is 0. The molecule has 4 rings (SSSR count). The van der Waals surface area contributed by atoms with Crippen LogP contribution in [0.15, 0.2) is 42.9 Å². The van der Waals surface area contributed by atoms with Gasteiger partial charge in [0.2, 0.25) is 0 Å². The summed E-state index contributed by atoms with van der Waals surface area (Å²) in [5, 5.41) is 7.95. The Morgan fingerprint density at radius 2 is 1.86 bits per heavy atom. The van der Waals surface area contributed by atoms with E-state index in [4.69, 9.17) is 14.5 Å². The number of methoxy groups -OCH3 is 1. The van der Waals surface area contributed by atoms with Gasteiger partial charge >= 0.3 is 6.09 Å². The van der Waals surface area contributed by atoms with Crippen molar-refractivity contribution in [3.05, 3.63) is 59.8 Å². The first kappa shape index (κ1) is 24.5. The molecule has 1 fully saturated rings. The standard InChI is InChI=1S/C26H34N6O3/c1-18-15-27-23(30-24(18)29-20-6-8-22(34-5)9-7-20)14-19-16-28-32(17-19)21-10-12-31(13-11-21)25(33)35-26(2,3)4/h6-9,15-17,21H,10-14H2,1-5H3,(H,27,29,30). The summed E-state index contributed by atoms with van der Waals surface area (Å²) in [5.74, 6) is 2.32. The third-order valence-electron chi connectivity index (χ3n) is 5.88. The molecular formula is C26H34N6O3. The molecule has 186 valence electrons. The monoisotopic (exact) mass is 478 g/mol. The highest BCUT2D eigenvalue weighted by Gasteiger charge is 2.27. The van der Waals surface area contributed by atoms with Crippen LogP contribution in [0.4, 0.5) is 16.3 Å². The number of hydrogen-bond donors (Lipinski definition) is 1. The molecule has 1 aliphatic heterocycles. The Morgan fingerprint density at radius 1 is 1.14 bits per heavy atom. The zero-order chi connectivity index (χ0) is 25.0. The lowest BCUT2D eigenvalue weighted by molar-refractivity contribution is 0.0184. The van der Waals surface area contributed by atoms with Crippen molar-refractivity contribution >= 4 is 17.6 Å². The molecular weight excluding hydrogens is 444 g/mol. The summed E-state index contributed by atoms with van der Waals surface area (Å²) in [6, 6.07) is 7.99. The number of benzene rings is 1. The normalized spacial score (nSPS) is 14.6. The number of hydrogen-bond acceptors (Lipinski definition) is 7. The van der Waals surface area contributed by atoms with Crippen molar-refractivity contribution in [3.8, 4) is 5.75 Å². The van der Waals surface area contributed by atoms with Crippen LogP contribution in [-0.2, 0) is 11.2 Å². The average Bonchev–Trinajstić information content (AvgIpc) is 3.29. The number of ether oxygens (including phenoxy) is 2. The molecule has 3 heterocycles. The van der Waals surface area contributed by atoms with Crippen molar-refractivity contribution in [3.63, 3.8) is 0 Å². The quantitative estimate of drug-likeness (QED) is 0.539. The number of carbonyl (C=O) groups is 1. The molecule has 1 N–H and O–H groups in total. The minimum absolute atomic E-state index is 0.243. The number of nitrogens with one attached hydrogen (secondary N) is 1. The van der Waals surface area contributed by atoms with Crippen LogP contribution in [0.25, 0.3) is 0 Å². The van der Waals surface area contributed by atoms with Crippen LogP contribution >= 0.6 is 0 Å². The molecule has 0 saturated carbocycles. The zero-order valence-corrected chi connectivity index (χ0v) is 21.1. The van der Waals surface area contributed by atoms with Gasteiger partial charge in [-0.1, -0.05) is 0 Å². The summed E-state index contributed by atoms with van der Waals surface area (Å²) in [5.41, 5.74) is 2.48. The maximum atomic E-state index is 12.3. The Hall–Kier alpha value is -3.62. The van der Waals surface area contributed by atoms with Gasteiger partial charge in [0.1, 0.15) is 23.0 Å². The van der Waals surface area contributed by atoms with Crippen LogP contribution in [0.1, 0.15) is 56.6 Å². The Morgan fingerprint density at radius 3 is 2.51 bits per heavy atom. The van der Waals surface area contributed by atoms with Crippen molar-refractivity contribution in [2.24, 2.45) is 0 Å². The second-order valence-corrected chi connectivity index (χ2v) is 9.88. The largest absolute Gasteiger partial charge is 0.497 e. The first-order valence-electron chi connectivity index (χ1n) is 11.9. The second-order valence-electron chi connectivity index (χ2n) is 9.88. The fraction of sp³-hybridized carbons (Fsp3) is 0.462. The van der Waals surface area contributed by atoms with E-state index in [-0.39, 0.29) is 12.1 Å². The van der Waals surface area contributed by atoms with E-state index in [1.54, 1.807) is 12.0 Å². The molecule has 0 bridgehead atoms. The molecule has 0 atom stereocenters. The van der Waals surface area contributed by atoms with Crippen LogP contribution in [0, 0.1) is 6.92 Å². The second kappa shape index (κ2) is 10.3. The maximum Gasteiger partial charge on any atom is 0.410 e. The van der Waals surface area contributed by atoms with E-state index in [1.807, 2.05) is 69.0 Å². The van der Waals surface area contributed by atoms with Crippen molar-refractivity contribution in [1.82, 2.24) is 24.6 Å². The maximum absolute atomic E-state index is 12.3. The number of piperidine rings is 1. The highest BCUT2D eigenvalue weighted by atomic mass is 16.6. The van der Waals surface area contributed by atoms with Gasteiger partial charge in [0, 0.05) is 43.2 Å². The van der Waals surface area contributed by atoms with Crippen molar-refractivity contribution < 1.29 is 14.3 Å². The van der Waals surface area contributed by atoms with E-state index in [1.165, 1.54) is 0 Å². The van der Waals surface area contributed by atoms with Crippen LogP contribution in [0.5, 0.6) is 5.75 Å². The highest BCUT2D eigenvalue weighted by Crippen LogP contribution is 2.25. The molecule has 1 aliphatic rings. The van der Waals surface area contributed by atoms with Gasteiger partial charge in [-0.2, -0.15) is 5.10 Å². The smallest absolute Gasteiger partial charge is 0.410 e. The van der Waals surface area contributed by atoms with E-state index in [2.05, 4.69) is 21.6 Å². The molecule has 0 spiro atoms. The number of carbonyl (C=O) groups excluding carboxylic acids is 1. The van der Waals surface area contributed by atoms with Crippen molar-refractivity contribution in [2.45, 2.75) is 58.6 Å². The van der Waals surface area contributed by atoms with Crippen LogP contribution < -0.4 is 10.1 Å². The van der Waals surface area contributed by atoms with E-state index in [0.717, 1.165) is 47.0 Å². The molecule has 3 aromatic rings. The average molecular weight is 479 g/mol. The van der Waals surface area contributed by atoms with Gasteiger partial charge < -0.3 is 19.7 Å². The van der Waals surface area contributed by atoms with E-state index < -0.39 is 5.60 Å². The molecule has 0 aliphatic carbocycles. The molecule has 9 nitrogen and oxygen atoms in total.